The highest BCUT2D eigenvalue weighted by atomic mass is 16.7. The van der Waals surface area contributed by atoms with Crippen molar-refractivity contribution < 1.29 is 19.0 Å². The molecule has 2 heterocycles. The van der Waals surface area contributed by atoms with Crippen molar-refractivity contribution in [3.63, 3.8) is 0 Å². The molecular weight excluding hydrogens is 310 g/mol. The van der Waals surface area contributed by atoms with Crippen molar-refractivity contribution in [3.8, 4) is 5.88 Å². The highest BCUT2D eigenvalue weighted by Crippen LogP contribution is 2.37. The van der Waals surface area contributed by atoms with Gasteiger partial charge in [-0.1, -0.05) is 12.5 Å². The lowest BCUT2D eigenvalue weighted by Crippen LogP contribution is -2.41. The number of hydrogen-bond donors (Lipinski definition) is 2. The molecule has 3 rings (SSSR count). The number of carbonyl (C=O) groups excluding carboxylic acids is 1. The van der Waals surface area contributed by atoms with Gasteiger partial charge in [-0.3, -0.25) is 0 Å². The summed E-state index contributed by atoms with van der Waals surface area (Å²) in [6, 6.07) is 3.44. The fraction of sp³-hybridized carbons (Fsp3) is 0.647. The molecule has 2 amide bonds. The van der Waals surface area contributed by atoms with Gasteiger partial charge in [0.1, 0.15) is 6.10 Å². The van der Waals surface area contributed by atoms with Crippen molar-refractivity contribution in [1.82, 2.24) is 15.6 Å². The maximum absolute atomic E-state index is 12.0. The van der Waals surface area contributed by atoms with E-state index in [1.807, 2.05) is 12.1 Å². The zero-order valence-electron chi connectivity index (χ0n) is 14.0. The standard InChI is InChI=1S/C17H25N3O4/c1-22-15-13(6-5-9-18-15)10-19-16(21)20-11-14-12-23-17(24-14)7-3-2-4-8-17/h5-6,9,14H,2-4,7-8,10-12H2,1H3,(H2,19,20,21)/t14-/m0/s1. The van der Waals surface area contributed by atoms with Gasteiger partial charge in [0.2, 0.25) is 5.88 Å². The molecule has 0 bridgehead atoms. The summed E-state index contributed by atoms with van der Waals surface area (Å²) in [6.07, 6.45) is 7.02. The van der Waals surface area contributed by atoms with Crippen molar-refractivity contribution in [2.45, 2.75) is 50.5 Å². The molecule has 1 saturated heterocycles. The van der Waals surface area contributed by atoms with Crippen molar-refractivity contribution in [3.05, 3.63) is 23.9 Å². The van der Waals surface area contributed by atoms with E-state index in [0.717, 1.165) is 31.2 Å². The number of hydrogen-bond acceptors (Lipinski definition) is 5. The minimum atomic E-state index is -0.399. The van der Waals surface area contributed by atoms with Gasteiger partial charge in [0.25, 0.3) is 0 Å². The molecule has 1 saturated carbocycles. The molecule has 1 atom stereocenters. The first-order chi connectivity index (χ1) is 11.7. The molecule has 0 unspecified atom stereocenters. The number of nitrogens with zero attached hydrogens (tertiary/aromatic N) is 1. The second-order valence-corrected chi connectivity index (χ2v) is 6.26. The fourth-order valence-corrected chi connectivity index (χ4v) is 3.26. The van der Waals surface area contributed by atoms with Gasteiger partial charge in [-0.25, -0.2) is 9.78 Å². The highest BCUT2D eigenvalue weighted by Gasteiger charge is 2.42. The van der Waals surface area contributed by atoms with Crippen LogP contribution in [0.25, 0.3) is 0 Å². The van der Waals surface area contributed by atoms with E-state index in [1.165, 1.54) is 6.42 Å². The van der Waals surface area contributed by atoms with E-state index in [-0.39, 0.29) is 12.1 Å². The molecular formula is C17H25N3O4. The predicted octanol–water partition coefficient (Wildman–Crippen LogP) is 1.97. The number of amides is 2. The van der Waals surface area contributed by atoms with Crippen LogP contribution in [0.5, 0.6) is 5.88 Å². The third-order valence-corrected chi connectivity index (χ3v) is 4.50. The Labute approximate surface area is 142 Å². The summed E-state index contributed by atoms with van der Waals surface area (Å²) in [4.78, 5) is 16.1. The van der Waals surface area contributed by atoms with Crippen LogP contribution >= 0.6 is 0 Å². The number of urea groups is 1. The van der Waals surface area contributed by atoms with Crippen LogP contribution in [0.4, 0.5) is 4.79 Å². The van der Waals surface area contributed by atoms with Gasteiger partial charge in [0.15, 0.2) is 5.79 Å². The summed E-state index contributed by atoms with van der Waals surface area (Å²) >= 11 is 0. The normalized spacial score (nSPS) is 22.3. The van der Waals surface area contributed by atoms with Crippen molar-refractivity contribution in [2.75, 3.05) is 20.3 Å². The summed E-state index contributed by atoms with van der Waals surface area (Å²) in [6.45, 7) is 1.34. The summed E-state index contributed by atoms with van der Waals surface area (Å²) in [7, 11) is 1.56. The van der Waals surface area contributed by atoms with Crippen molar-refractivity contribution in [2.24, 2.45) is 0 Å². The average Bonchev–Trinajstić information content (AvgIpc) is 3.01. The molecule has 1 aromatic heterocycles. The van der Waals surface area contributed by atoms with E-state index in [0.29, 0.717) is 25.6 Å². The van der Waals surface area contributed by atoms with Crippen LogP contribution in [0.2, 0.25) is 0 Å². The molecule has 2 fully saturated rings. The number of nitrogens with one attached hydrogen (secondary N) is 2. The van der Waals surface area contributed by atoms with E-state index in [9.17, 15) is 4.79 Å². The molecule has 1 aliphatic heterocycles. The lowest BCUT2D eigenvalue weighted by molar-refractivity contribution is -0.186. The first-order valence-corrected chi connectivity index (χ1v) is 8.52. The van der Waals surface area contributed by atoms with Crippen LogP contribution in [0.1, 0.15) is 37.7 Å². The van der Waals surface area contributed by atoms with Crippen LogP contribution in [0.3, 0.4) is 0 Å². The molecule has 7 nitrogen and oxygen atoms in total. The molecule has 1 spiro atoms. The topological polar surface area (TPSA) is 81.7 Å². The van der Waals surface area contributed by atoms with Crippen LogP contribution in [-0.2, 0) is 16.0 Å². The maximum Gasteiger partial charge on any atom is 0.315 e. The summed E-state index contributed by atoms with van der Waals surface area (Å²) in [5.41, 5.74) is 0.830. The molecule has 2 aliphatic rings. The Balaban J connectivity index is 1.40. The Morgan fingerprint density at radius 3 is 3.00 bits per heavy atom. The molecule has 24 heavy (non-hydrogen) atoms. The zero-order valence-corrected chi connectivity index (χ0v) is 14.0. The Hall–Kier alpha value is -1.86. The van der Waals surface area contributed by atoms with Crippen LogP contribution in [-0.4, -0.2) is 43.2 Å². The monoisotopic (exact) mass is 335 g/mol. The molecule has 0 radical (unpaired) electrons. The Kier molecular flexibility index (Phi) is 5.52. The van der Waals surface area contributed by atoms with Gasteiger partial charge >= 0.3 is 6.03 Å². The number of aromatic nitrogens is 1. The van der Waals surface area contributed by atoms with Gasteiger partial charge in [0, 0.05) is 37.7 Å². The van der Waals surface area contributed by atoms with E-state index < -0.39 is 5.79 Å². The molecule has 7 heteroatoms. The van der Waals surface area contributed by atoms with Crippen molar-refractivity contribution in [1.29, 1.82) is 0 Å². The second kappa shape index (κ2) is 7.81. The number of ether oxygens (including phenoxy) is 3. The third kappa shape index (κ3) is 4.15. The largest absolute Gasteiger partial charge is 0.481 e. The first-order valence-electron chi connectivity index (χ1n) is 8.52. The third-order valence-electron chi connectivity index (χ3n) is 4.50. The molecule has 2 N–H and O–H groups in total. The van der Waals surface area contributed by atoms with Gasteiger partial charge in [0.05, 0.1) is 13.7 Å². The van der Waals surface area contributed by atoms with Crippen LogP contribution in [0.15, 0.2) is 18.3 Å². The van der Waals surface area contributed by atoms with Crippen LogP contribution < -0.4 is 15.4 Å². The molecule has 0 aromatic carbocycles. The first kappa shape index (κ1) is 17.0. The molecule has 132 valence electrons. The maximum atomic E-state index is 12.0. The predicted molar refractivity (Wildman–Crippen MR) is 87.7 cm³/mol. The number of pyridine rings is 1. The summed E-state index contributed by atoms with van der Waals surface area (Å²) in [5.74, 6) is 0.119. The summed E-state index contributed by atoms with van der Waals surface area (Å²) in [5, 5.41) is 5.64. The second-order valence-electron chi connectivity index (χ2n) is 6.26. The highest BCUT2D eigenvalue weighted by molar-refractivity contribution is 5.73. The smallest absolute Gasteiger partial charge is 0.315 e. The van der Waals surface area contributed by atoms with E-state index in [4.69, 9.17) is 14.2 Å². The Bertz CT molecular complexity index is 561. The Morgan fingerprint density at radius 1 is 1.38 bits per heavy atom. The van der Waals surface area contributed by atoms with E-state index >= 15 is 0 Å². The van der Waals surface area contributed by atoms with Crippen LogP contribution in [0, 0.1) is 0 Å². The number of methoxy groups -OCH3 is 1. The van der Waals surface area contributed by atoms with Gasteiger partial charge < -0.3 is 24.8 Å². The Morgan fingerprint density at radius 2 is 2.21 bits per heavy atom. The van der Waals surface area contributed by atoms with Gasteiger partial charge in [-0.2, -0.15) is 0 Å². The zero-order chi connectivity index (χ0) is 16.8. The van der Waals surface area contributed by atoms with E-state index in [2.05, 4.69) is 15.6 Å². The fourth-order valence-electron chi connectivity index (χ4n) is 3.26. The van der Waals surface area contributed by atoms with Gasteiger partial charge in [-0.05, 0) is 18.9 Å². The molecule has 1 aliphatic carbocycles. The lowest BCUT2D eigenvalue weighted by Gasteiger charge is -2.31. The SMILES string of the molecule is COc1ncccc1CNC(=O)NC[C@H]1COC2(CCCCC2)O1. The quantitative estimate of drug-likeness (QED) is 0.860. The van der Waals surface area contributed by atoms with Gasteiger partial charge in [-0.15, -0.1) is 0 Å². The minimum Gasteiger partial charge on any atom is -0.481 e. The van der Waals surface area contributed by atoms with Crippen molar-refractivity contribution >= 4 is 6.03 Å². The lowest BCUT2D eigenvalue weighted by atomic mass is 9.94. The number of rotatable bonds is 5. The minimum absolute atomic E-state index is 0.0817. The van der Waals surface area contributed by atoms with E-state index in [1.54, 1.807) is 13.3 Å². The summed E-state index contributed by atoms with van der Waals surface area (Å²) < 4.78 is 17.1. The molecule has 1 aromatic rings. The average molecular weight is 335 g/mol. The number of carbonyl (C=O) groups is 1.